The number of aryl methyl sites for hydroxylation is 2. The predicted octanol–water partition coefficient (Wildman–Crippen LogP) is 5.29. The Labute approximate surface area is 199 Å². The Morgan fingerprint density at radius 1 is 1.27 bits per heavy atom. The Hall–Kier alpha value is -3.13. The van der Waals surface area contributed by atoms with E-state index in [0.29, 0.717) is 13.1 Å². The second-order valence-electron chi connectivity index (χ2n) is 8.19. The number of fused-ring (bicyclic) bond motifs is 1. The van der Waals surface area contributed by atoms with Gasteiger partial charge in [-0.3, -0.25) is 0 Å². The molecule has 0 unspecified atom stereocenters. The number of aliphatic imine (C=N–C) groups is 1. The summed E-state index contributed by atoms with van der Waals surface area (Å²) in [4.78, 5) is 29.4. The molecule has 0 saturated carbocycles. The van der Waals surface area contributed by atoms with Crippen LogP contribution in [-0.4, -0.2) is 56.9 Å². The fraction of sp³-hybridized carbons (Fsp3) is 0.360. The Balaban J connectivity index is 1.55. The molecule has 2 aromatic heterocycles. The number of hydrogen-bond donors (Lipinski definition) is 0. The first-order valence-electron chi connectivity index (χ1n) is 11.1. The first kappa shape index (κ1) is 23.0. The first-order valence-corrected chi connectivity index (χ1v) is 12.3. The highest BCUT2D eigenvalue weighted by molar-refractivity contribution is 8.13. The molecule has 3 heterocycles. The molecule has 2 amide bonds. The monoisotopic (exact) mass is 462 g/mol. The van der Waals surface area contributed by atoms with Gasteiger partial charge >= 0.3 is 6.03 Å². The van der Waals surface area contributed by atoms with Gasteiger partial charge in [0.15, 0.2) is 0 Å². The van der Waals surface area contributed by atoms with Crippen LogP contribution in [0.2, 0.25) is 0 Å². The Kier molecular flexibility index (Phi) is 6.83. The lowest BCUT2D eigenvalue weighted by Gasteiger charge is -2.26. The van der Waals surface area contributed by atoms with Crippen LogP contribution < -0.4 is 4.90 Å². The maximum Gasteiger partial charge on any atom is 0.344 e. The van der Waals surface area contributed by atoms with E-state index in [-0.39, 0.29) is 6.03 Å². The van der Waals surface area contributed by atoms with Crippen molar-refractivity contribution in [3.05, 3.63) is 54.0 Å². The van der Waals surface area contributed by atoms with E-state index in [0.717, 1.165) is 40.4 Å². The SMILES string of the molecule is CCc1cc(C2=CCN(C(=O)N=C(C)SC)CC2)ccc1N(C)c1cc2c(cn1)ncn2C. The zero-order valence-corrected chi connectivity index (χ0v) is 20.7. The molecule has 0 fully saturated rings. The number of anilines is 2. The number of thioether (sulfide) groups is 1. The number of hydrogen-bond acceptors (Lipinski definition) is 5. The summed E-state index contributed by atoms with van der Waals surface area (Å²) in [5, 5.41) is 0.791. The average molecular weight is 463 g/mol. The number of rotatable bonds is 4. The summed E-state index contributed by atoms with van der Waals surface area (Å²) >= 11 is 1.50. The van der Waals surface area contributed by atoms with Crippen molar-refractivity contribution in [3.8, 4) is 0 Å². The zero-order chi connectivity index (χ0) is 23.5. The molecule has 1 aromatic carbocycles. The number of benzene rings is 1. The molecular weight excluding hydrogens is 432 g/mol. The molecule has 0 radical (unpaired) electrons. The maximum atomic E-state index is 12.3. The summed E-state index contributed by atoms with van der Waals surface area (Å²) in [5.74, 6) is 0.890. The lowest BCUT2D eigenvalue weighted by atomic mass is 9.96. The Bertz CT molecular complexity index is 1240. The van der Waals surface area contributed by atoms with Crippen molar-refractivity contribution >= 4 is 50.9 Å². The third kappa shape index (κ3) is 4.80. The van der Waals surface area contributed by atoms with Crippen LogP contribution in [0.5, 0.6) is 0 Å². The highest BCUT2D eigenvalue weighted by Crippen LogP contribution is 2.32. The fourth-order valence-electron chi connectivity index (χ4n) is 4.08. The number of aromatic nitrogens is 3. The van der Waals surface area contributed by atoms with E-state index in [2.05, 4.69) is 64.2 Å². The number of carbonyl (C=O) groups is 1. The largest absolute Gasteiger partial charge is 0.344 e. The van der Waals surface area contributed by atoms with Crippen molar-refractivity contribution in [2.24, 2.45) is 12.0 Å². The van der Waals surface area contributed by atoms with E-state index in [1.807, 2.05) is 37.3 Å². The predicted molar refractivity (Wildman–Crippen MR) is 139 cm³/mol. The third-order valence-corrected chi connectivity index (χ3v) is 6.84. The lowest BCUT2D eigenvalue weighted by molar-refractivity contribution is 0.213. The quantitative estimate of drug-likeness (QED) is 0.389. The summed E-state index contributed by atoms with van der Waals surface area (Å²) in [6.07, 6.45) is 9.47. The number of amides is 2. The van der Waals surface area contributed by atoms with E-state index in [4.69, 9.17) is 0 Å². The van der Waals surface area contributed by atoms with Gasteiger partial charge in [-0.15, -0.1) is 11.8 Å². The van der Waals surface area contributed by atoms with Crippen LogP contribution in [0, 0.1) is 0 Å². The van der Waals surface area contributed by atoms with Gasteiger partial charge < -0.3 is 14.4 Å². The molecule has 0 N–H and O–H groups in total. The molecule has 4 rings (SSSR count). The minimum absolute atomic E-state index is 0.152. The minimum atomic E-state index is -0.152. The van der Waals surface area contributed by atoms with Crippen molar-refractivity contribution in [2.75, 3.05) is 31.3 Å². The summed E-state index contributed by atoms with van der Waals surface area (Å²) in [5.41, 5.74) is 6.86. The topological polar surface area (TPSA) is 66.6 Å². The third-order valence-electron chi connectivity index (χ3n) is 6.16. The fourth-order valence-corrected chi connectivity index (χ4v) is 4.25. The Morgan fingerprint density at radius 2 is 2.09 bits per heavy atom. The standard InChI is InChI=1S/C25H30N6OS/c1-6-18-13-20(19-9-11-31(12-10-19)25(32)28-17(2)33-5)7-8-22(18)30(4)24-14-23-21(15-26-24)27-16-29(23)3/h7-9,13-16H,6,10-12H2,1-5H3. The summed E-state index contributed by atoms with van der Waals surface area (Å²) in [6.45, 7) is 5.32. The van der Waals surface area contributed by atoms with E-state index in [9.17, 15) is 4.79 Å². The summed E-state index contributed by atoms with van der Waals surface area (Å²) in [7, 11) is 4.05. The summed E-state index contributed by atoms with van der Waals surface area (Å²) < 4.78 is 2.01. The smallest absolute Gasteiger partial charge is 0.334 e. The van der Waals surface area contributed by atoms with Gasteiger partial charge in [0.25, 0.3) is 0 Å². The molecule has 33 heavy (non-hydrogen) atoms. The van der Waals surface area contributed by atoms with Crippen molar-refractivity contribution in [3.63, 3.8) is 0 Å². The highest BCUT2D eigenvalue weighted by atomic mass is 32.2. The molecule has 0 saturated heterocycles. The average Bonchev–Trinajstić information content (AvgIpc) is 3.23. The van der Waals surface area contributed by atoms with Crippen molar-refractivity contribution in [2.45, 2.75) is 26.7 Å². The highest BCUT2D eigenvalue weighted by Gasteiger charge is 2.19. The van der Waals surface area contributed by atoms with Gasteiger partial charge in [-0.25, -0.2) is 14.8 Å². The first-order chi connectivity index (χ1) is 15.9. The van der Waals surface area contributed by atoms with Gasteiger partial charge in [-0.2, -0.15) is 4.99 Å². The van der Waals surface area contributed by atoms with Gasteiger partial charge in [-0.05, 0) is 54.9 Å². The van der Waals surface area contributed by atoms with Crippen LogP contribution in [0.1, 0.15) is 31.4 Å². The number of urea groups is 1. The van der Waals surface area contributed by atoms with Crippen LogP contribution in [0.3, 0.4) is 0 Å². The molecule has 0 spiro atoms. The normalized spacial score (nSPS) is 14.5. The Morgan fingerprint density at radius 3 is 2.79 bits per heavy atom. The van der Waals surface area contributed by atoms with Crippen LogP contribution in [0.4, 0.5) is 16.3 Å². The van der Waals surface area contributed by atoms with Gasteiger partial charge in [0.2, 0.25) is 0 Å². The molecule has 8 heteroatoms. The van der Waals surface area contributed by atoms with Crippen molar-refractivity contribution < 1.29 is 4.79 Å². The second-order valence-corrected chi connectivity index (χ2v) is 9.18. The van der Waals surface area contributed by atoms with Crippen LogP contribution in [-0.2, 0) is 13.5 Å². The molecule has 7 nitrogen and oxygen atoms in total. The van der Waals surface area contributed by atoms with E-state index in [1.54, 1.807) is 4.90 Å². The minimum Gasteiger partial charge on any atom is -0.334 e. The van der Waals surface area contributed by atoms with Gasteiger partial charge in [0, 0.05) is 38.9 Å². The zero-order valence-electron chi connectivity index (χ0n) is 19.9. The molecule has 172 valence electrons. The molecule has 3 aromatic rings. The van der Waals surface area contributed by atoms with Crippen LogP contribution in [0.25, 0.3) is 16.6 Å². The van der Waals surface area contributed by atoms with E-state index >= 15 is 0 Å². The number of pyridine rings is 1. The number of nitrogens with zero attached hydrogens (tertiary/aromatic N) is 6. The number of imidazole rings is 1. The molecular formula is C25H30N6OS. The lowest BCUT2D eigenvalue weighted by Crippen LogP contribution is -2.32. The van der Waals surface area contributed by atoms with Gasteiger partial charge in [-0.1, -0.05) is 19.1 Å². The summed E-state index contributed by atoms with van der Waals surface area (Å²) in [6, 6.07) is 8.54. The molecule has 0 atom stereocenters. The molecule has 0 bridgehead atoms. The van der Waals surface area contributed by atoms with Crippen molar-refractivity contribution in [1.82, 2.24) is 19.4 Å². The van der Waals surface area contributed by atoms with Gasteiger partial charge in [0.1, 0.15) is 11.3 Å². The van der Waals surface area contributed by atoms with Crippen LogP contribution in [0.15, 0.2) is 47.9 Å². The van der Waals surface area contributed by atoms with Crippen LogP contribution >= 0.6 is 11.8 Å². The maximum absolute atomic E-state index is 12.3. The molecule has 1 aliphatic rings. The number of carbonyl (C=O) groups excluding carboxylic acids is 1. The van der Waals surface area contributed by atoms with Gasteiger partial charge in [0.05, 0.1) is 23.1 Å². The van der Waals surface area contributed by atoms with E-state index < -0.39 is 0 Å². The van der Waals surface area contributed by atoms with E-state index in [1.165, 1.54) is 28.5 Å². The second kappa shape index (κ2) is 9.79. The molecule has 1 aliphatic heterocycles. The molecule has 0 aliphatic carbocycles. The van der Waals surface area contributed by atoms with Crippen molar-refractivity contribution in [1.29, 1.82) is 0 Å².